The van der Waals surface area contributed by atoms with E-state index in [9.17, 15) is 0 Å². The van der Waals surface area contributed by atoms with E-state index in [2.05, 4.69) is 250 Å². The predicted octanol–water partition coefficient (Wildman–Crippen LogP) is 26.0. The average molecular weight is 1390 g/mol. The lowest BCUT2D eigenvalue weighted by Crippen LogP contribution is -2.16. The molecule has 0 radical (unpaired) electrons. The molecule has 12 rings (SSSR count). The van der Waals surface area contributed by atoms with Gasteiger partial charge in [-0.25, -0.2) is 15.0 Å². The number of nitrogens with zero attached hydrogens (tertiary/aromatic N) is 7. The molecule has 0 saturated carbocycles. The van der Waals surface area contributed by atoms with Gasteiger partial charge in [0.25, 0.3) is 0 Å². The van der Waals surface area contributed by atoms with Gasteiger partial charge < -0.3 is 0 Å². The van der Waals surface area contributed by atoms with Crippen LogP contribution in [0.15, 0.2) is 255 Å². The summed E-state index contributed by atoms with van der Waals surface area (Å²) in [5.74, 6) is 0.868. The third-order valence-corrected chi connectivity index (χ3v) is 16.9. The lowest BCUT2D eigenvalue weighted by molar-refractivity contribution is 0.547. The first-order valence-electron chi connectivity index (χ1n) is 41.8. The van der Waals surface area contributed by atoms with Gasteiger partial charge in [0.1, 0.15) is 5.82 Å². The Kier molecular flexibility index (Phi) is 22.8. The van der Waals surface area contributed by atoms with Crippen LogP contribution in [0.25, 0.3) is 67.4 Å². The van der Waals surface area contributed by atoms with Crippen LogP contribution >= 0.6 is 0 Å². The first-order valence-corrected chi connectivity index (χ1v) is 35.8. The van der Waals surface area contributed by atoms with Crippen LogP contribution in [0.1, 0.15) is 224 Å². The number of aromatic nitrogens is 7. The van der Waals surface area contributed by atoms with Gasteiger partial charge in [-0.2, -0.15) is 0 Å². The summed E-state index contributed by atoms with van der Waals surface area (Å²) in [6.45, 7) is 37.6. The van der Waals surface area contributed by atoms with Crippen LogP contribution in [0.4, 0.5) is 0 Å². The zero-order valence-corrected chi connectivity index (χ0v) is 65.4. The Morgan fingerprint density at radius 2 is 0.702 bits per heavy atom. The molecule has 104 heavy (non-hydrogen) atoms. The molecule has 540 valence electrons. The molecule has 0 bridgehead atoms. The van der Waals surface area contributed by atoms with Gasteiger partial charge in [-0.3, -0.25) is 19.9 Å². The first-order chi connectivity index (χ1) is 53.5. The Morgan fingerprint density at radius 3 is 1.08 bits per heavy atom. The minimum atomic E-state index is -2.32. The van der Waals surface area contributed by atoms with Crippen molar-refractivity contribution in [2.24, 2.45) is 0 Å². The highest BCUT2D eigenvalue weighted by Gasteiger charge is 2.26. The minimum Gasteiger partial charge on any atom is -0.261 e. The molecule has 0 saturated heterocycles. The Labute approximate surface area is 643 Å². The molecule has 0 fully saturated rings. The fourth-order valence-corrected chi connectivity index (χ4v) is 11.2. The Morgan fingerprint density at radius 1 is 0.298 bits per heavy atom. The van der Waals surface area contributed by atoms with Crippen LogP contribution in [0, 0.1) is 13.7 Å². The summed E-state index contributed by atoms with van der Waals surface area (Å²) in [4.78, 5) is 31.3. The van der Waals surface area contributed by atoms with Gasteiger partial charge in [-0.1, -0.05) is 340 Å². The molecule has 6 heterocycles. The quantitative estimate of drug-likeness (QED) is 0.142. The number of hydrogen-bond donors (Lipinski definition) is 0. The van der Waals surface area contributed by atoms with Crippen molar-refractivity contribution in [3.63, 3.8) is 0 Å². The van der Waals surface area contributed by atoms with E-state index in [4.69, 9.17) is 36.4 Å². The zero-order chi connectivity index (χ0) is 86.4. The summed E-state index contributed by atoms with van der Waals surface area (Å²) in [6.07, 6.45) is -1.12. The summed E-state index contributed by atoms with van der Waals surface area (Å²) < 4.78 is 90.7. The molecule has 0 unspecified atom stereocenters. The lowest BCUT2D eigenvalue weighted by atomic mass is 9.79. The van der Waals surface area contributed by atoms with Crippen molar-refractivity contribution in [2.45, 2.75) is 211 Å². The number of benzene rings is 6. The third-order valence-electron chi connectivity index (χ3n) is 16.9. The average Bonchev–Trinajstić information content (AvgIpc) is 0.786. The molecule has 0 spiro atoms. The van der Waals surface area contributed by atoms with Gasteiger partial charge in [-0.05, 0) is 147 Å². The van der Waals surface area contributed by atoms with Crippen molar-refractivity contribution in [1.29, 1.82) is 0 Å². The first kappa shape index (κ1) is 65.0. The topological polar surface area (TPSA) is 90.2 Å². The zero-order valence-electron chi connectivity index (χ0n) is 77.4. The van der Waals surface area contributed by atoms with Crippen LogP contribution in [0.2, 0.25) is 0 Å². The fraction of sp³-hybridized carbons (Fsp3) is 0.330. The van der Waals surface area contributed by atoms with Crippen LogP contribution in [0.3, 0.4) is 0 Å². The number of rotatable bonds is 9. The second kappa shape index (κ2) is 36.5. The Balaban J connectivity index is 0.000000194. The van der Waals surface area contributed by atoms with E-state index in [1.807, 2.05) is 114 Å². The van der Waals surface area contributed by atoms with E-state index in [1.165, 1.54) is 47.7 Å². The van der Waals surface area contributed by atoms with Crippen LogP contribution in [-0.2, 0) is 51.6 Å². The van der Waals surface area contributed by atoms with Crippen molar-refractivity contribution in [2.75, 3.05) is 0 Å². The molecule has 0 aliphatic heterocycles. The van der Waals surface area contributed by atoms with Gasteiger partial charge in [-0.15, -0.1) is 0 Å². The largest absolute Gasteiger partial charge is 0.261 e. The molecule has 0 N–H and O–H groups in total. The summed E-state index contributed by atoms with van der Waals surface area (Å²) in [5, 5.41) is 0. The van der Waals surface area contributed by atoms with E-state index in [1.54, 1.807) is 31.3 Å². The van der Waals surface area contributed by atoms with Crippen molar-refractivity contribution < 1.29 is 16.4 Å². The van der Waals surface area contributed by atoms with Crippen molar-refractivity contribution in [1.82, 2.24) is 34.9 Å². The van der Waals surface area contributed by atoms with Crippen LogP contribution in [0.5, 0.6) is 0 Å². The molecule has 0 atom stereocenters. The van der Waals surface area contributed by atoms with Crippen LogP contribution < -0.4 is 0 Å². The van der Waals surface area contributed by atoms with Gasteiger partial charge in [0, 0.05) is 90.5 Å². The van der Waals surface area contributed by atoms with Gasteiger partial charge in [0.2, 0.25) is 0 Å². The Bertz CT molecular complexity index is 4690. The second-order valence-corrected chi connectivity index (χ2v) is 31.7. The highest BCUT2D eigenvalue weighted by Crippen LogP contribution is 2.40. The predicted molar refractivity (Wildman–Crippen MR) is 446 cm³/mol. The molecule has 6 aromatic heterocycles. The molecular formula is C97H117N7. The second-order valence-electron chi connectivity index (χ2n) is 31.7. The lowest BCUT2D eigenvalue weighted by Gasteiger charge is -2.26. The molecule has 0 aliphatic rings. The number of aryl methyl sites for hydroxylation is 5. The highest BCUT2D eigenvalue weighted by molar-refractivity contribution is 5.78. The number of pyridine rings is 5. The van der Waals surface area contributed by atoms with E-state index in [-0.39, 0.29) is 55.3 Å². The minimum absolute atomic E-state index is 0.0185. The molecule has 0 aliphatic carbocycles. The fourth-order valence-electron chi connectivity index (χ4n) is 11.2. The molecule has 6 aromatic carbocycles. The van der Waals surface area contributed by atoms with Gasteiger partial charge >= 0.3 is 0 Å². The van der Waals surface area contributed by atoms with Gasteiger partial charge in [0.05, 0.1) is 28.5 Å². The van der Waals surface area contributed by atoms with Crippen molar-refractivity contribution in [3.05, 3.63) is 317 Å². The van der Waals surface area contributed by atoms with Crippen LogP contribution in [-0.4, -0.2) is 34.9 Å². The summed E-state index contributed by atoms with van der Waals surface area (Å²) in [6, 6.07) is 81.1. The van der Waals surface area contributed by atoms with E-state index in [0.29, 0.717) is 5.69 Å². The molecule has 7 heteroatoms. The number of hydrogen-bond acceptors (Lipinski definition) is 7. The maximum atomic E-state index is 7.82. The third kappa shape index (κ3) is 24.1. The summed E-state index contributed by atoms with van der Waals surface area (Å²) >= 11 is 0. The van der Waals surface area contributed by atoms with Gasteiger partial charge in [0.15, 0.2) is 0 Å². The maximum absolute atomic E-state index is 7.82. The van der Waals surface area contributed by atoms with Crippen molar-refractivity contribution in [3.8, 4) is 67.4 Å². The molecule has 0 amide bonds. The normalized spacial score (nSPS) is 13.9. The molecule has 7 nitrogen and oxygen atoms in total. The SMILES string of the molecule is CC(C)(C)c1c(-c2ccccc2)ccnc1-c1ccccc1.CC(C)(C)c1cc(-c2ccccc2)nc(-c2ccccc2)c1.CC(C)(C)c1nc(-c2ccccc2)cc(-c2ccccc2)n1.[2H]C([2H])(C)c1ncccc1C(C)(C)C.[2H]C([2H])([2H])c1cc(C(C)(C)C)cc(C([2H])([2H])C)n1.[2H]C([2H])([2H])c1ccc(C(C)(C)C)c(C([2H])([2H])C)n1. The summed E-state index contributed by atoms with van der Waals surface area (Å²) in [7, 11) is 0. The van der Waals surface area contributed by atoms with Crippen molar-refractivity contribution >= 4 is 0 Å². The smallest absolute Gasteiger partial charge is 0.135 e. The van der Waals surface area contributed by atoms with E-state index >= 15 is 0 Å². The molecule has 12 aromatic rings. The summed E-state index contributed by atoms with van der Waals surface area (Å²) in [5.41, 5.74) is 18.7. The highest BCUT2D eigenvalue weighted by atomic mass is 14.9. The standard InChI is InChI=1S/2C21H21N.C20H20N2.2C12H19N.C11H17N/c1-21(2,3)18-14-19(16-10-6-4-7-11-16)22-20(15-18)17-12-8-5-9-13-17;1-21(2,3)19-18(16-10-6-4-7-11-16)14-15-22-20(19)17-12-8-5-9-13-17;1-20(2,3)19-21-17(15-10-6-4-7-11-15)14-18(22-19)16-12-8-5-9-13-16;1-6-11-8-10(12(3,4)5)7-9(2)13-11;1-6-11-10(12(3,4)5)8-7-9(2)13-11;1-5-10-9(11(2,3)4)7-6-8-12-10/h2*4-15H,1-3H3;4-14H,1-3H3;2*7-8H,6H2,1-5H3;6-8H,5H2,1-4H3/i;;;2*2D3,6D2;5D2. The molecular weight excluding hydrogens is 1260 g/mol. The van der Waals surface area contributed by atoms with E-state index < -0.39 is 32.8 Å². The van der Waals surface area contributed by atoms with E-state index in [0.717, 1.165) is 73.2 Å². The Hall–Kier alpha value is -9.85. The monoisotopic (exact) mass is 1390 g/mol. The maximum Gasteiger partial charge on any atom is 0.135 e.